The average Bonchev–Trinajstić information content (AvgIpc) is 3.08. The molecule has 5 nitrogen and oxygen atoms in total. The van der Waals surface area contributed by atoms with Gasteiger partial charge < -0.3 is 9.64 Å². The van der Waals surface area contributed by atoms with Gasteiger partial charge in [0.05, 0.1) is 23.4 Å². The third-order valence-corrected chi connectivity index (χ3v) is 4.80. The summed E-state index contributed by atoms with van der Waals surface area (Å²) in [5.74, 6) is -0.380. The van der Waals surface area contributed by atoms with E-state index in [1.807, 2.05) is 19.9 Å². The summed E-state index contributed by atoms with van der Waals surface area (Å²) in [7, 11) is 1.36. The Morgan fingerprint density at radius 1 is 1.32 bits per heavy atom. The number of aromatic nitrogens is 1. The van der Waals surface area contributed by atoms with E-state index in [-0.39, 0.29) is 11.9 Å². The van der Waals surface area contributed by atoms with E-state index in [0.717, 1.165) is 28.4 Å². The zero-order valence-corrected chi connectivity index (χ0v) is 13.5. The Morgan fingerprint density at radius 3 is 2.73 bits per heavy atom. The summed E-state index contributed by atoms with van der Waals surface area (Å²) in [6.07, 6.45) is 0.739. The van der Waals surface area contributed by atoms with Gasteiger partial charge in [-0.25, -0.2) is 9.78 Å². The smallest absolute Gasteiger partial charge is 0.337 e. The summed E-state index contributed by atoms with van der Waals surface area (Å²) in [6, 6.07) is 5.32. The van der Waals surface area contributed by atoms with Crippen molar-refractivity contribution < 1.29 is 14.3 Å². The van der Waals surface area contributed by atoms with E-state index in [2.05, 4.69) is 4.98 Å². The SMILES string of the molecule is COC(=O)c1ccc2c(c1)CCN2C(=O)c1sc(C)nc1C. The monoisotopic (exact) mass is 316 g/mol. The maximum absolute atomic E-state index is 12.7. The number of amides is 1. The number of carbonyl (C=O) groups excluding carboxylic acids is 2. The molecule has 2 heterocycles. The van der Waals surface area contributed by atoms with E-state index < -0.39 is 0 Å². The maximum Gasteiger partial charge on any atom is 0.337 e. The first kappa shape index (κ1) is 14.7. The molecule has 1 amide bonds. The summed E-state index contributed by atoms with van der Waals surface area (Å²) < 4.78 is 4.73. The number of anilines is 1. The number of hydrogen-bond acceptors (Lipinski definition) is 5. The van der Waals surface area contributed by atoms with E-state index >= 15 is 0 Å². The molecule has 1 aliphatic rings. The van der Waals surface area contributed by atoms with Crippen molar-refractivity contribution in [2.24, 2.45) is 0 Å². The van der Waals surface area contributed by atoms with Crippen molar-refractivity contribution in [2.45, 2.75) is 20.3 Å². The maximum atomic E-state index is 12.7. The van der Waals surface area contributed by atoms with Gasteiger partial charge >= 0.3 is 5.97 Å². The molecule has 0 unspecified atom stereocenters. The largest absolute Gasteiger partial charge is 0.465 e. The van der Waals surface area contributed by atoms with Crippen molar-refractivity contribution in [3.05, 3.63) is 44.9 Å². The second-order valence-corrected chi connectivity index (χ2v) is 6.39. The second-order valence-electron chi connectivity index (χ2n) is 5.19. The lowest BCUT2D eigenvalue weighted by atomic mass is 10.1. The first-order valence-corrected chi connectivity index (χ1v) is 7.80. The van der Waals surface area contributed by atoms with Crippen LogP contribution in [0.4, 0.5) is 5.69 Å². The van der Waals surface area contributed by atoms with Gasteiger partial charge in [-0.2, -0.15) is 0 Å². The Labute approximate surface area is 132 Å². The molecule has 3 rings (SSSR count). The molecule has 0 atom stereocenters. The van der Waals surface area contributed by atoms with Gasteiger partial charge in [-0.05, 0) is 44.0 Å². The zero-order chi connectivity index (χ0) is 15.9. The molecule has 0 spiro atoms. The number of carbonyl (C=O) groups is 2. The third-order valence-electron chi connectivity index (χ3n) is 3.74. The molecule has 0 saturated heterocycles. The standard InChI is InChI=1S/C16H16N2O3S/c1-9-14(22-10(2)17-9)15(19)18-7-6-11-8-12(16(20)21-3)4-5-13(11)18/h4-5,8H,6-7H2,1-3H3. The third kappa shape index (κ3) is 2.39. The van der Waals surface area contributed by atoms with Crippen molar-refractivity contribution in [3.8, 4) is 0 Å². The lowest BCUT2D eigenvalue weighted by Gasteiger charge is -2.16. The molecule has 0 fully saturated rings. The number of methoxy groups -OCH3 is 1. The molecule has 22 heavy (non-hydrogen) atoms. The number of rotatable bonds is 2. The minimum absolute atomic E-state index is 0.0207. The van der Waals surface area contributed by atoms with Gasteiger partial charge in [-0.1, -0.05) is 0 Å². The van der Waals surface area contributed by atoms with Crippen LogP contribution >= 0.6 is 11.3 Å². The Bertz CT molecular complexity index is 767. The summed E-state index contributed by atoms with van der Waals surface area (Å²) in [4.78, 5) is 31.1. The first-order chi connectivity index (χ1) is 10.5. The fourth-order valence-electron chi connectivity index (χ4n) is 2.71. The number of hydrogen-bond donors (Lipinski definition) is 0. The highest BCUT2D eigenvalue weighted by Crippen LogP contribution is 2.32. The number of nitrogens with zero attached hydrogens (tertiary/aromatic N) is 2. The van der Waals surface area contributed by atoms with Crippen molar-refractivity contribution >= 4 is 28.9 Å². The van der Waals surface area contributed by atoms with Gasteiger partial charge in [0.25, 0.3) is 5.91 Å². The van der Waals surface area contributed by atoms with Crippen LogP contribution in [-0.2, 0) is 11.2 Å². The van der Waals surface area contributed by atoms with Crippen LogP contribution in [0.1, 0.15) is 36.3 Å². The van der Waals surface area contributed by atoms with E-state index in [9.17, 15) is 9.59 Å². The number of aryl methyl sites for hydroxylation is 2. The van der Waals surface area contributed by atoms with Gasteiger partial charge in [0.15, 0.2) is 0 Å². The van der Waals surface area contributed by atoms with Crippen LogP contribution in [0.5, 0.6) is 0 Å². The van der Waals surface area contributed by atoms with Crippen LogP contribution in [-0.4, -0.2) is 30.5 Å². The van der Waals surface area contributed by atoms with Gasteiger partial charge in [0.2, 0.25) is 0 Å². The predicted molar refractivity (Wildman–Crippen MR) is 84.8 cm³/mol. The van der Waals surface area contributed by atoms with Crippen LogP contribution in [0.3, 0.4) is 0 Å². The van der Waals surface area contributed by atoms with E-state index in [1.165, 1.54) is 18.4 Å². The van der Waals surface area contributed by atoms with Crippen LogP contribution in [0.25, 0.3) is 0 Å². The molecule has 0 bridgehead atoms. The van der Waals surface area contributed by atoms with E-state index in [1.54, 1.807) is 17.0 Å². The van der Waals surface area contributed by atoms with Crippen molar-refractivity contribution in [1.82, 2.24) is 4.98 Å². The molecule has 6 heteroatoms. The van der Waals surface area contributed by atoms with Crippen molar-refractivity contribution in [3.63, 3.8) is 0 Å². The number of ether oxygens (including phenoxy) is 1. The van der Waals surface area contributed by atoms with Crippen LogP contribution in [0, 0.1) is 13.8 Å². The fraction of sp³-hybridized carbons (Fsp3) is 0.312. The highest BCUT2D eigenvalue weighted by Gasteiger charge is 2.28. The van der Waals surface area contributed by atoms with E-state index in [0.29, 0.717) is 17.0 Å². The van der Waals surface area contributed by atoms with Gasteiger partial charge in [0, 0.05) is 12.2 Å². The minimum atomic E-state index is -0.360. The molecule has 0 aliphatic carbocycles. The molecule has 2 aromatic rings. The molecule has 114 valence electrons. The quantitative estimate of drug-likeness (QED) is 0.799. The zero-order valence-electron chi connectivity index (χ0n) is 12.7. The number of thiazole rings is 1. The minimum Gasteiger partial charge on any atom is -0.465 e. The average molecular weight is 316 g/mol. The van der Waals surface area contributed by atoms with E-state index in [4.69, 9.17) is 4.74 Å². The van der Waals surface area contributed by atoms with Gasteiger partial charge in [-0.3, -0.25) is 4.79 Å². The van der Waals surface area contributed by atoms with Crippen LogP contribution in [0.2, 0.25) is 0 Å². The highest BCUT2D eigenvalue weighted by molar-refractivity contribution is 7.13. The molecule has 0 saturated carbocycles. The second kappa shape index (κ2) is 5.53. The number of esters is 1. The highest BCUT2D eigenvalue weighted by atomic mass is 32.1. The molecular weight excluding hydrogens is 300 g/mol. The molecular formula is C16H16N2O3S. The summed E-state index contributed by atoms with van der Waals surface area (Å²) in [5.41, 5.74) is 3.14. The summed E-state index contributed by atoms with van der Waals surface area (Å²) >= 11 is 1.42. The Balaban J connectivity index is 1.93. The number of benzene rings is 1. The molecule has 0 N–H and O–H groups in total. The van der Waals surface area contributed by atoms with Gasteiger partial charge in [-0.15, -0.1) is 11.3 Å². The number of fused-ring (bicyclic) bond motifs is 1. The van der Waals surface area contributed by atoms with Crippen LogP contribution in [0.15, 0.2) is 18.2 Å². The Kier molecular flexibility index (Phi) is 3.70. The molecule has 1 aromatic carbocycles. The summed E-state index contributed by atoms with van der Waals surface area (Å²) in [5, 5.41) is 0.890. The van der Waals surface area contributed by atoms with Crippen molar-refractivity contribution in [1.29, 1.82) is 0 Å². The topological polar surface area (TPSA) is 59.5 Å². The Hall–Kier alpha value is -2.21. The summed E-state index contributed by atoms with van der Waals surface area (Å²) in [6.45, 7) is 4.37. The van der Waals surface area contributed by atoms with Crippen molar-refractivity contribution in [2.75, 3.05) is 18.6 Å². The molecule has 1 aliphatic heterocycles. The fourth-order valence-corrected chi connectivity index (χ4v) is 3.58. The first-order valence-electron chi connectivity index (χ1n) is 6.98. The predicted octanol–water partition coefficient (Wildman–Crippen LogP) is 2.75. The lowest BCUT2D eigenvalue weighted by Crippen LogP contribution is -2.28. The normalized spacial score (nSPS) is 13.1. The lowest BCUT2D eigenvalue weighted by molar-refractivity contribution is 0.0600. The molecule has 1 aromatic heterocycles. The van der Waals surface area contributed by atoms with Gasteiger partial charge in [0.1, 0.15) is 4.88 Å². The van der Waals surface area contributed by atoms with Crippen LogP contribution < -0.4 is 4.90 Å². The molecule has 0 radical (unpaired) electrons. The Morgan fingerprint density at radius 2 is 2.09 bits per heavy atom.